The minimum absolute atomic E-state index is 0.0248. The Morgan fingerprint density at radius 3 is 2.67 bits per heavy atom. The molecular weight excluding hydrogens is 392 g/mol. The summed E-state index contributed by atoms with van der Waals surface area (Å²) in [4.78, 5) is 18.9. The van der Waals surface area contributed by atoms with Crippen molar-refractivity contribution in [3.8, 4) is 0 Å². The van der Waals surface area contributed by atoms with Crippen molar-refractivity contribution in [3.63, 3.8) is 0 Å². The van der Waals surface area contributed by atoms with E-state index in [2.05, 4.69) is 27.4 Å². The van der Waals surface area contributed by atoms with Crippen LogP contribution in [0.4, 0.5) is 20.3 Å². The third-order valence-corrected chi connectivity index (χ3v) is 5.66. The molecule has 1 saturated carbocycles. The number of hydrogen-bond acceptors (Lipinski definition) is 5. The van der Waals surface area contributed by atoms with E-state index in [-0.39, 0.29) is 17.3 Å². The van der Waals surface area contributed by atoms with E-state index in [4.69, 9.17) is 0 Å². The normalized spacial score (nSPS) is 19.4. The molecule has 0 radical (unpaired) electrons. The van der Waals surface area contributed by atoms with Gasteiger partial charge in [0.25, 0.3) is 12.3 Å². The molecule has 30 heavy (non-hydrogen) atoms. The van der Waals surface area contributed by atoms with Crippen molar-refractivity contribution in [3.05, 3.63) is 35.9 Å². The van der Waals surface area contributed by atoms with Crippen LogP contribution in [0.1, 0.15) is 61.1 Å². The lowest BCUT2D eigenvalue weighted by Gasteiger charge is -2.26. The van der Waals surface area contributed by atoms with Crippen LogP contribution in [0.3, 0.4) is 0 Å². The summed E-state index contributed by atoms with van der Waals surface area (Å²) in [6.07, 6.45) is 5.57. The SMILES string of the molecule is CC1CCC(n2cc(NC(=O)c3cnn4c(N(C)C)ccnc34)c(C(F)F)n2)CC1. The Kier molecular flexibility index (Phi) is 5.40. The van der Waals surface area contributed by atoms with Crippen LogP contribution >= 0.6 is 0 Å². The molecule has 0 aromatic carbocycles. The van der Waals surface area contributed by atoms with E-state index in [0.29, 0.717) is 11.6 Å². The first kappa shape index (κ1) is 20.2. The number of amides is 1. The number of anilines is 2. The summed E-state index contributed by atoms with van der Waals surface area (Å²) in [6.45, 7) is 2.20. The van der Waals surface area contributed by atoms with Crippen molar-refractivity contribution >= 4 is 23.1 Å². The van der Waals surface area contributed by atoms with Crippen molar-refractivity contribution in [2.24, 2.45) is 5.92 Å². The largest absolute Gasteiger partial charge is 0.363 e. The zero-order chi connectivity index (χ0) is 21.4. The zero-order valence-corrected chi connectivity index (χ0v) is 17.2. The molecule has 0 saturated heterocycles. The highest BCUT2D eigenvalue weighted by Crippen LogP contribution is 2.34. The molecule has 3 heterocycles. The minimum Gasteiger partial charge on any atom is -0.363 e. The fourth-order valence-corrected chi connectivity index (χ4v) is 3.92. The van der Waals surface area contributed by atoms with Gasteiger partial charge >= 0.3 is 0 Å². The number of carbonyl (C=O) groups excluding carboxylic acids is 1. The van der Waals surface area contributed by atoms with Gasteiger partial charge in [0.2, 0.25) is 0 Å². The van der Waals surface area contributed by atoms with Gasteiger partial charge < -0.3 is 10.2 Å². The number of nitrogens with one attached hydrogen (secondary N) is 1. The Bertz CT molecular complexity index is 1050. The van der Waals surface area contributed by atoms with Gasteiger partial charge in [-0.3, -0.25) is 9.48 Å². The van der Waals surface area contributed by atoms with E-state index in [1.807, 2.05) is 19.0 Å². The molecule has 1 fully saturated rings. The van der Waals surface area contributed by atoms with Crippen LogP contribution in [0.25, 0.3) is 5.65 Å². The lowest BCUT2D eigenvalue weighted by Crippen LogP contribution is -2.17. The monoisotopic (exact) mass is 417 g/mol. The molecule has 1 N–H and O–H groups in total. The summed E-state index contributed by atoms with van der Waals surface area (Å²) >= 11 is 0. The molecule has 0 atom stereocenters. The third-order valence-electron chi connectivity index (χ3n) is 5.66. The average Bonchev–Trinajstić information content (AvgIpc) is 3.32. The number of aromatic nitrogens is 5. The number of rotatable bonds is 5. The van der Waals surface area contributed by atoms with Gasteiger partial charge in [-0.25, -0.2) is 13.8 Å². The molecule has 4 rings (SSSR count). The fourth-order valence-electron chi connectivity index (χ4n) is 3.92. The van der Waals surface area contributed by atoms with Crippen molar-refractivity contribution < 1.29 is 13.6 Å². The summed E-state index contributed by atoms with van der Waals surface area (Å²) in [5.41, 5.74) is 0.168. The summed E-state index contributed by atoms with van der Waals surface area (Å²) in [5.74, 6) is 0.833. The second kappa shape index (κ2) is 8.00. The van der Waals surface area contributed by atoms with Crippen LogP contribution in [0, 0.1) is 5.92 Å². The zero-order valence-electron chi connectivity index (χ0n) is 17.2. The average molecular weight is 417 g/mol. The molecule has 0 aliphatic heterocycles. The Morgan fingerprint density at radius 1 is 1.27 bits per heavy atom. The second-order valence-electron chi connectivity index (χ2n) is 8.07. The number of fused-ring (bicyclic) bond motifs is 1. The first-order valence-corrected chi connectivity index (χ1v) is 10.0. The summed E-state index contributed by atoms with van der Waals surface area (Å²) in [7, 11) is 3.71. The standard InChI is InChI=1S/C20H25F2N7O/c1-12-4-6-13(7-5-12)28-11-15(17(26-28)18(21)22)25-20(30)14-10-24-29-16(27(2)3)8-9-23-19(14)29/h8-13,18H,4-7H2,1-3H3,(H,25,30). The van der Waals surface area contributed by atoms with Gasteiger partial charge in [-0.2, -0.15) is 14.7 Å². The summed E-state index contributed by atoms with van der Waals surface area (Å²) in [6, 6.07) is 1.84. The molecule has 3 aromatic heterocycles. The van der Waals surface area contributed by atoms with E-state index in [1.54, 1.807) is 16.9 Å². The molecule has 1 amide bonds. The second-order valence-corrected chi connectivity index (χ2v) is 8.07. The number of carbonyl (C=O) groups is 1. The first-order valence-electron chi connectivity index (χ1n) is 10.0. The highest BCUT2D eigenvalue weighted by Gasteiger charge is 2.26. The molecular formula is C20H25F2N7O. The van der Waals surface area contributed by atoms with Gasteiger partial charge in [0.05, 0.1) is 17.9 Å². The minimum atomic E-state index is -2.79. The van der Waals surface area contributed by atoms with Gasteiger partial charge in [0.15, 0.2) is 11.3 Å². The van der Waals surface area contributed by atoms with Crippen LogP contribution in [0.5, 0.6) is 0 Å². The van der Waals surface area contributed by atoms with Crippen LogP contribution in [0.2, 0.25) is 0 Å². The maximum atomic E-state index is 13.6. The summed E-state index contributed by atoms with van der Waals surface area (Å²) < 4.78 is 30.3. The first-order chi connectivity index (χ1) is 14.3. The molecule has 1 aliphatic carbocycles. The van der Waals surface area contributed by atoms with E-state index >= 15 is 0 Å². The predicted molar refractivity (Wildman–Crippen MR) is 109 cm³/mol. The van der Waals surface area contributed by atoms with Crippen molar-refractivity contribution in [1.82, 2.24) is 24.4 Å². The smallest absolute Gasteiger partial charge is 0.284 e. The van der Waals surface area contributed by atoms with E-state index < -0.39 is 18.0 Å². The molecule has 8 nitrogen and oxygen atoms in total. The van der Waals surface area contributed by atoms with Crippen molar-refractivity contribution in [1.29, 1.82) is 0 Å². The molecule has 0 unspecified atom stereocenters. The molecule has 1 aliphatic rings. The Balaban J connectivity index is 1.62. The Hall–Kier alpha value is -3.04. The van der Waals surface area contributed by atoms with Crippen LogP contribution in [-0.2, 0) is 0 Å². The topological polar surface area (TPSA) is 80.4 Å². The van der Waals surface area contributed by atoms with Crippen LogP contribution < -0.4 is 10.2 Å². The van der Waals surface area contributed by atoms with Gasteiger partial charge in [-0.05, 0) is 37.7 Å². The quantitative estimate of drug-likeness (QED) is 0.680. The molecule has 0 bridgehead atoms. The van der Waals surface area contributed by atoms with Gasteiger partial charge in [-0.1, -0.05) is 6.92 Å². The highest BCUT2D eigenvalue weighted by molar-refractivity contribution is 6.08. The van der Waals surface area contributed by atoms with Crippen molar-refractivity contribution in [2.75, 3.05) is 24.3 Å². The lowest BCUT2D eigenvalue weighted by atomic mass is 9.87. The molecule has 160 valence electrons. The van der Waals surface area contributed by atoms with Crippen LogP contribution in [-0.4, -0.2) is 44.4 Å². The van der Waals surface area contributed by atoms with Gasteiger partial charge in [0.1, 0.15) is 11.4 Å². The van der Waals surface area contributed by atoms with E-state index in [0.717, 1.165) is 31.5 Å². The van der Waals surface area contributed by atoms with Crippen molar-refractivity contribution in [2.45, 2.75) is 45.1 Å². The van der Waals surface area contributed by atoms with Crippen LogP contribution in [0.15, 0.2) is 24.7 Å². The molecule has 0 spiro atoms. The Labute approximate surface area is 172 Å². The fraction of sp³-hybridized carbons (Fsp3) is 0.500. The molecule has 3 aromatic rings. The number of hydrogen-bond donors (Lipinski definition) is 1. The lowest BCUT2D eigenvalue weighted by molar-refractivity contribution is 0.102. The van der Waals surface area contributed by atoms with Gasteiger partial charge in [0, 0.05) is 26.5 Å². The van der Waals surface area contributed by atoms with Gasteiger partial charge in [-0.15, -0.1) is 0 Å². The van der Waals surface area contributed by atoms with E-state index in [9.17, 15) is 13.6 Å². The number of nitrogens with zero attached hydrogens (tertiary/aromatic N) is 6. The molecule has 10 heteroatoms. The van der Waals surface area contributed by atoms with E-state index in [1.165, 1.54) is 16.9 Å². The number of halogens is 2. The third kappa shape index (κ3) is 3.73. The summed E-state index contributed by atoms with van der Waals surface area (Å²) in [5, 5.41) is 10.9. The predicted octanol–water partition coefficient (Wildman–Crippen LogP) is 3.93. The maximum Gasteiger partial charge on any atom is 0.284 e. The highest BCUT2D eigenvalue weighted by atomic mass is 19.3. The maximum absolute atomic E-state index is 13.6. The Morgan fingerprint density at radius 2 is 2.00 bits per heavy atom. The number of alkyl halides is 2.